The zero-order valence-corrected chi connectivity index (χ0v) is 24.3. The molecule has 0 radical (unpaired) electrons. The van der Waals surface area contributed by atoms with Gasteiger partial charge in [0.05, 0.1) is 28.6 Å². The van der Waals surface area contributed by atoms with Crippen molar-refractivity contribution in [1.29, 1.82) is 0 Å². The summed E-state index contributed by atoms with van der Waals surface area (Å²) in [6.45, 7) is 20.0. The number of nitrogens with one attached hydrogen (secondary N) is 3. The molecule has 3 N–H and O–H groups in total. The third kappa shape index (κ3) is 4.20. The molecule has 6 rings (SSSR count). The lowest BCUT2D eigenvalue weighted by Crippen LogP contribution is -2.14. The normalized spacial score (nSPS) is 13.3. The summed E-state index contributed by atoms with van der Waals surface area (Å²) in [5.74, 6) is 0.817. The number of fused-ring (bicyclic) bond motifs is 3. The smallest absolute Gasteiger partial charge is 0.177 e. The predicted octanol–water partition coefficient (Wildman–Crippen LogP) is 7.94. The minimum absolute atomic E-state index is 0.0493. The molecule has 6 aromatic rings. The number of aromatic nitrogens is 7. The Morgan fingerprint density at radius 2 is 1.51 bits per heavy atom. The minimum Gasteiger partial charge on any atom is -0.354 e. The standard InChI is InChI=1S/C32H37N7/c1-30(2,3)20-12-17(22-14-18-21(37-22)10-11-33-27(18)32(7,8)9)13-23-25(20)39-28(38-23)19-15-34-29-26(35-16-36-29)24(19)31(4,5)6/h10-16,37H,1-9H3,(H,38,39)(H,34,35,36). The van der Waals surface area contributed by atoms with E-state index in [1.807, 2.05) is 12.4 Å². The van der Waals surface area contributed by atoms with Crippen LogP contribution in [0.5, 0.6) is 0 Å². The van der Waals surface area contributed by atoms with E-state index in [0.29, 0.717) is 0 Å². The second-order valence-electron chi connectivity index (χ2n) is 13.7. The van der Waals surface area contributed by atoms with Crippen molar-refractivity contribution in [2.24, 2.45) is 0 Å². The average Bonchev–Trinajstić information content (AvgIpc) is 3.57. The van der Waals surface area contributed by atoms with Gasteiger partial charge in [0.1, 0.15) is 5.82 Å². The second-order valence-corrected chi connectivity index (χ2v) is 13.7. The Morgan fingerprint density at radius 3 is 2.21 bits per heavy atom. The van der Waals surface area contributed by atoms with Crippen LogP contribution in [-0.2, 0) is 16.2 Å². The highest BCUT2D eigenvalue weighted by atomic mass is 15.0. The van der Waals surface area contributed by atoms with Crippen LogP contribution in [0.2, 0.25) is 0 Å². The average molecular weight is 520 g/mol. The molecule has 0 aliphatic rings. The lowest BCUT2D eigenvalue weighted by molar-refractivity contribution is 0.575. The first-order valence-corrected chi connectivity index (χ1v) is 13.6. The van der Waals surface area contributed by atoms with E-state index >= 15 is 0 Å². The molecule has 0 spiro atoms. The lowest BCUT2D eigenvalue weighted by atomic mass is 9.83. The van der Waals surface area contributed by atoms with Crippen LogP contribution in [0.3, 0.4) is 0 Å². The molecule has 0 saturated carbocycles. The minimum atomic E-state index is -0.136. The molecule has 7 nitrogen and oxygen atoms in total. The van der Waals surface area contributed by atoms with Crippen LogP contribution in [0, 0.1) is 0 Å². The Hall–Kier alpha value is -4.00. The number of nitrogens with zero attached hydrogens (tertiary/aromatic N) is 4. The van der Waals surface area contributed by atoms with Crippen molar-refractivity contribution in [3.05, 3.63) is 59.8 Å². The molecule has 0 amide bonds. The summed E-state index contributed by atoms with van der Waals surface area (Å²) >= 11 is 0. The summed E-state index contributed by atoms with van der Waals surface area (Å²) in [6, 6.07) is 8.78. The number of imidazole rings is 2. The van der Waals surface area contributed by atoms with E-state index in [9.17, 15) is 0 Å². The maximum absolute atomic E-state index is 5.19. The molecule has 39 heavy (non-hydrogen) atoms. The van der Waals surface area contributed by atoms with Gasteiger partial charge in [0.25, 0.3) is 0 Å². The third-order valence-corrected chi connectivity index (χ3v) is 7.42. The van der Waals surface area contributed by atoms with Gasteiger partial charge in [0.2, 0.25) is 0 Å². The SMILES string of the molecule is CC(C)(C)c1nccc2[nH]c(-c3cc(C(C)(C)C)c4nc(-c5cnc6nc[nH]c6c5C(C)(C)C)[nH]c4c3)cc12. The number of rotatable bonds is 2. The van der Waals surface area contributed by atoms with Gasteiger partial charge in [-0.15, -0.1) is 0 Å². The van der Waals surface area contributed by atoms with Crippen molar-refractivity contribution >= 4 is 33.1 Å². The van der Waals surface area contributed by atoms with E-state index in [0.717, 1.165) is 67.0 Å². The second kappa shape index (κ2) is 8.25. The predicted molar refractivity (Wildman–Crippen MR) is 160 cm³/mol. The van der Waals surface area contributed by atoms with Crippen molar-refractivity contribution in [3.8, 4) is 22.6 Å². The molecule has 0 saturated heterocycles. The molecule has 0 unspecified atom stereocenters. The summed E-state index contributed by atoms with van der Waals surface area (Å²) < 4.78 is 0. The van der Waals surface area contributed by atoms with Crippen LogP contribution in [0.25, 0.3) is 55.7 Å². The highest BCUT2D eigenvalue weighted by molar-refractivity contribution is 5.93. The van der Waals surface area contributed by atoms with Gasteiger partial charge in [0.15, 0.2) is 5.65 Å². The molecule has 1 aromatic carbocycles. The molecule has 0 bridgehead atoms. The van der Waals surface area contributed by atoms with E-state index in [1.165, 1.54) is 5.56 Å². The summed E-state index contributed by atoms with van der Waals surface area (Å²) in [5, 5.41) is 1.16. The molecular weight excluding hydrogens is 482 g/mol. The number of H-pyrrole nitrogens is 3. The Labute approximate surface area is 228 Å². The van der Waals surface area contributed by atoms with Gasteiger partial charge in [-0.2, -0.15) is 0 Å². The lowest BCUT2D eigenvalue weighted by Gasteiger charge is -2.22. The maximum atomic E-state index is 5.19. The third-order valence-electron chi connectivity index (χ3n) is 7.42. The molecule has 0 aliphatic carbocycles. The highest BCUT2D eigenvalue weighted by Gasteiger charge is 2.27. The number of benzene rings is 1. The van der Waals surface area contributed by atoms with Gasteiger partial charge in [-0.25, -0.2) is 15.0 Å². The van der Waals surface area contributed by atoms with E-state index in [-0.39, 0.29) is 16.2 Å². The quantitative estimate of drug-likeness (QED) is 0.216. The summed E-state index contributed by atoms with van der Waals surface area (Å²) in [5.41, 5.74) is 11.1. The van der Waals surface area contributed by atoms with Crippen LogP contribution in [0.15, 0.2) is 43.0 Å². The van der Waals surface area contributed by atoms with Crippen LogP contribution in [0.4, 0.5) is 0 Å². The first-order valence-electron chi connectivity index (χ1n) is 13.6. The maximum Gasteiger partial charge on any atom is 0.177 e. The molecule has 5 heterocycles. The molecule has 0 atom stereocenters. The fraction of sp³-hybridized carbons (Fsp3) is 0.375. The number of hydrogen-bond donors (Lipinski definition) is 3. The van der Waals surface area contributed by atoms with E-state index in [1.54, 1.807) is 6.33 Å². The first kappa shape index (κ1) is 25.3. The van der Waals surface area contributed by atoms with Crippen molar-refractivity contribution < 1.29 is 0 Å². The van der Waals surface area contributed by atoms with Crippen molar-refractivity contribution in [2.75, 3.05) is 0 Å². The Morgan fingerprint density at radius 1 is 0.744 bits per heavy atom. The van der Waals surface area contributed by atoms with E-state index in [2.05, 4.69) is 111 Å². The summed E-state index contributed by atoms with van der Waals surface area (Å²) in [6.07, 6.45) is 5.50. The van der Waals surface area contributed by atoms with Gasteiger partial charge in [-0.3, -0.25) is 4.98 Å². The Kier molecular flexibility index (Phi) is 5.35. The van der Waals surface area contributed by atoms with Gasteiger partial charge in [-0.1, -0.05) is 62.3 Å². The highest BCUT2D eigenvalue weighted by Crippen LogP contribution is 2.40. The molecule has 0 fully saturated rings. The zero-order chi connectivity index (χ0) is 27.9. The number of pyridine rings is 2. The van der Waals surface area contributed by atoms with Crippen LogP contribution < -0.4 is 0 Å². The monoisotopic (exact) mass is 519 g/mol. The largest absolute Gasteiger partial charge is 0.354 e. The van der Waals surface area contributed by atoms with Crippen LogP contribution in [0.1, 0.15) is 79.1 Å². The van der Waals surface area contributed by atoms with Gasteiger partial charge >= 0.3 is 0 Å². The molecule has 5 aromatic heterocycles. The van der Waals surface area contributed by atoms with Crippen LogP contribution >= 0.6 is 0 Å². The van der Waals surface area contributed by atoms with Gasteiger partial charge < -0.3 is 15.0 Å². The Bertz CT molecular complexity index is 1860. The summed E-state index contributed by atoms with van der Waals surface area (Å²) in [7, 11) is 0. The topological polar surface area (TPSA) is 98.9 Å². The van der Waals surface area contributed by atoms with Gasteiger partial charge in [0, 0.05) is 45.5 Å². The first-order chi connectivity index (χ1) is 18.2. The molecule has 0 aliphatic heterocycles. The number of aromatic amines is 3. The van der Waals surface area contributed by atoms with Gasteiger partial charge in [-0.05, 0) is 46.2 Å². The zero-order valence-electron chi connectivity index (χ0n) is 24.3. The fourth-order valence-corrected chi connectivity index (χ4v) is 5.63. The molecule has 200 valence electrons. The molecule has 7 heteroatoms. The van der Waals surface area contributed by atoms with Crippen LogP contribution in [-0.4, -0.2) is 34.9 Å². The Balaban J connectivity index is 1.59. The number of hydrogen-bond acceptors (Lipinski definition) is 4. The van der Waals surface area contributed by atoms with E-state index in [4.69, 9.17) is 9.97 Å². The van der Waals surface area contributed by atoms with E-state index < -0.39 is 0 Å². The molecular formula is C32H37N7. The van der Waals surface area contributed by atoms with Crippen molar-refractivity contribution in [1.82, 2.24) is 34.9 Å². The van der Waals surface area contributed by atoms with Crippen molar-refractivity contribution in [3.63, 3.8) is 0 Å². The fourth-order valence-electron chi connectivity index (χ4n) is 5.63. The summed E-state index contributed by atoms with van der Waals surface area (Å²) in [4.78, 5) is 29.6. The van der Waals surface area contributed by atoms with Crippen molar-refractivity contribution in [2.45, 2.75) is 78.6 Å².